The van der Waals surface area contributed by atoms with Gasteiger partial charge >= 0.3 is 0 Å². The van der Waals surface area contributed by atoms with E-state index in [2.05, 4.69) is 10.3 Å². The highest BCUT2D eigenvalue weighted by Crippen LogP contribution is 2.04. The Balaban J connectivity index is 2.15. The van der Waals surface area contributed by atoms with Crippen LogP contribution in [0.15, 0.2) is 11.7 Å². The zero-order valence-corrected chi connectivity index (χ0v) is 8.01. The fourth-order valence-corrected chi connectivity index (χ4v) is 1.38. The molecule has 4 nitrogen and oxygen atoms in total. The summed E-state index contributed by atoms with van der Waals surface area (Å²) in [4.78, 5) is 16.0. The van der Waals surface area contributed by atoms with Crippen LogP contribution in [-0.2, 0) is 11.3 Å². The van der Waals surface area contributed by atoms with Gasteiger partial charge in [0.25, 0.3) is 0 Å². The van der Waals surface area contributed by atoms with Gasteiger partial charge in [0.1, 0.15) is 0 Å². The van der Waals surface area contributed by atoms with E-state index < -0.39 is 0 Å². The lowest BCUT2D eigenvalue weighted by Crippen LogP contribution is -2.22. The highest BCUT2D eigenvalue weighted by molar-refractivity contribution is 7.09. The van der Waals surface area contributed by atoms with Crippen LogP contribution < -0.4 is 5.32 Å². The second-order valence-electron chi connectivity index (χ2n) is 2.57. The summed E-state index contributed by atoms with van der Waals surface area (Å²) in [5.74, 6) is -0.0255. The maximum Gasteiger partial charge on any atom is 0.220 e. The van der Waals surface area contributed by atoms with Crippen LogP contribution in [0.25, 0.3) is 0 Å². The number of aliphatic hydroxyl groups excluding tert-OH is 1. The zero-order chi connectivity index (χ0) is 9.52. The highest BCUT2D eigenvalue weighted by atomic mass is 32.1. The van der Waals surface area contributed by atoms with Crippen LogP contribution in [0.4, 0.5) is 0 Å². The molecule has 1 amide bonds. The fraction of sp³-hybridized carbons (Fsp3) is 0.500. The van der Waals surface area contributed by atoms with Gasteiger partial charge in [0.2, 0.25) is 5.91 Å². The van der Waals surface area contributed by atoms with Crippen LogP contribution in [-0.4, -0.2) is 22.6 Å². The second-order valence-corrected chi connectivity index (χ2v) is 3.54. The number of thiazole rings is 1. The predicted molar refractivity (Wildman–Crippen MR) is 50.3 cm³/mol. The quantitative estimate of drug-likeness (QED) is 0.729. The molecule has 0 aliphatic heterocycles. The molecule has 0 saturated carbocycles. The molecule has 0 atom stereocenters. The molecule has 0 bridgehead atoms. The van der Waals surface area contributed by atoms with Crippen molar-refractivity contribution in [3.05, 3.63) is 16.6 Å². The summed E-state index contributed by atoms with van der Waals surface area (Å²) in [5.41, 5.74) is 1.73. The van der Waals surface area contributed by atoms with Crippen LogP contribution in [0, 0.1) is 0 Å². The standard InChI is InChI=1S/C8H12N2O2S/c11-3-1-2-8(12)10-5-7-4-9-6-13-7/h4,6,11H,1-3,5H2,(H,10,12). The van der Waals surface area contributed by atoms with Crippen molar-refractivity contribution >= 4 is 17.2 Å². The van der Waals surface area contributed by atoms with Crippen LogP contribution in [0.3, 0.4) is 0 Å². The number of carbonyl (C=O) groups is 1. The number of rotatable bonds is 5. The lowest BCUT2D eigenvalue weighted by atomic mass is 10.3. The first kappa shape index (κ1) is 10.1. The van der Waals surface area contributed by atoms with Gasteiger partial charge in [0.15, 0.2) is 0 Å². The lowest BCUT2D eigenvalue weighted by molar-refractivity contribution is -0.121. The molecule has 0 fully saturated rings. The van der Waals surface area contributed by atoms with Gasteiger partial charge < -0.3 is 10.4 Å². The molecule has 5 heteroatoms. The number of hydrogen-bond donors (Lipinski definition) is 2. The molecule has 1 heterocycles. The largest absolute Gasteiger partial charge is 0.396 e. The summed E-state index contributed by atoms with van der Waals surface area (Å²) in [7, 11) is 0. The van der Waals surface area contributed by atoms with E-state index in [9.17, 15) is 4.79 Å². The van der Waals surface area contributed by atoms with Gasteiger partial charge in [-0.25, -0.2) is 0 Å². The predicted octanol–water partition coefficient (Wildman–Crippen LogP) is 0.532. The van der Waals surface area contributed by atoms with Gasteiger partial charge in [0.05, 0.1) is 12.1 Å². The van der Waals surface area contributed by atoms with E-state index in [1.165, 1.54) is 11.3 Å². The monoisotopic (exact) mass is 200 g/mol. The van der Waals surface area contributed by atoms with Gasteiger partial charge in [-0.1, -0.05) is 0 Å². The van der Waals surface area contributed by atoms with Crippen molar-refractivity contribution in [1.82, 2.24) is 10.3 Å². The molecule has 0 aliphatic rings. The Morgan fingerprint density at radius 1 is 1.69 bits per heavy atom. The van der Waals surface area contributed by atoms with Crippen molar-refractivity contribution in [2.24, 2.45) is 0 Å². The molecule has 0 saturated heterocycles. The number of hydrogen-bond acceptors (Lipinski definition) is 4. The molecule has 0 spiro atoms. The average Bonchev–Trinajstić information content (AvgIpc) is 2.64. The summed E-state index contributed by atoms with van der Waals surface area (Å²) < 4.78 is 0. The minimum atomic E-state index is -0.0255. The first-order valence-corrected chi connectivity index (χ1v) is 4.96. The van der Waals surface area contributed by atoms with E-state index in [4.69, 9.17) is 5.11 Å². The normalized spacial score (nSPS) is 9.92. The average molecular weight is 200 g/mol. The van der Waals surface area contributed by atoms with E-state index in [1.807, 2.05) is 0 Å². The van der Waals surface area contributed by atoms with E-state index >= 15 is 0 Å². The Kier molecular flexibility index (Phi) is 4.42. The zero-order valence-electron chi connectivity index (χ0n) is 7.19. The Morgan fingerprint density at radius 3 is 3.15 bits per heavy atom. The van der Waals surface area contributed by atoms with Gasteiger partial charge in [-0.3, -0.25) is 9.78 Å². The smallest absolute Gasteiger partial charge is 0.220 e. The summed E-state index contributed by atoms with van der Waals surface area (Å²) in [5, 5.41) is 11.2. The Labute approximate surface area is 80.6 Å². The summed E-state index contributed by atoms with van der Waals surface area (Å²) in [6.45, 7) is 0.600. The Morgan fingerprint density at radius 2 is 2.54 bits per heavy atom. The van der Waals surface area contributed by atoms with E-state index in [1.54, 1.807) is 11.7 Å². The molecule has 2 N–H and O–H groups in total. The van der Waals surface area contributed by atoms with Crippen LogP contribution in [0.1, 0.15) is 17.7 Å². The van der Waals surface area contributed by atoms with Crippen molar-refractivity contribution in [2.45, 2.75) is 19.4 Å². The SMILES string of the molecule is O=C(CCCO)NCc1cncs1. The van der Waals surface area contributed by atoms with Crippen molar-refractivity contribution in [3.63, 3.8) is 0 Å². The van der Waals surface area contributed by atoms with Crippen LogP contribution in [0.5, 0.6) is 0 Å². The maximum atomic E-state index is 11.1. The molecule has 13 heavy (non-hydrogen) atoms. The summed E-state index contributed by atoms with van der Waals surface area (Å²) in [6, 6.07) is 0. The van der Waals surface area contributed by atoms with E-state index in [0.29, 0.717) is 19.4 Å². The van der Waals surface area contributed by atoms with Crippen molar-refractivity contribution in [2.75, 3.05) is 6.61 Å². The molecule has 0 aromatic carbocycles. The molecule has 0 radical (unpaired) electrons. The maximum absolute atomic E-state index is 11.1. The molecule has 0 aliphatic carbocycles. The summed E-state index contributed by atoms with van der Waals surface area (Å²) in [6.07, 6.45) is 2.64. The highest BCUT2D eigenvalue weighted by Gasteiger charge is 2.00. The third-order valence-electron chi connectivity index (χ3n) is 1.51. The van der Waals surface area contributed by atoms with Crippen molar-refractivity contribution in [3.8, 4) is 0 Å². The molecular formula is C8H12N2O2S. The van der Waals surface area contributed by atoms with Crippen LogP contribution in [0.2, 0.25) is 0 Å². The van der Waals surface area contributed by atoms with Gasteiger partial charge in [0, 0.05) is 24.1 Å². The third kappa shape index (κ3) is 4.00. The first-order valence-electron chi connectivity index (χ1n) is 4.08. The number of carbonyl (C=O) groups excluding carboxylic acids is 1. The van der Waals surface area contributed by atoms with Gasteiger partial charge in [-0.15, -0.1) is 11.3 Å². The van der Waals surface area contributed by atoms with Crippen molar-refractivity contribution in [1.29, 1.82) is 0 Å². The topological polar surface area (TPSA) is 62.2 Å². The molecular weight excluding hydrogens is 188 g/mol. The van der Waals surface area contributed by atoms with Crippen molar-refractivity contribution < 1.29 is 9.90 Å². The number of nitrogens with one attached hydrogen (secondary N) is 1. The number of amides is 1. The molecule has 1 aromatic heterocycles. The lowest BCUT2D eigenvalue weighted by Gasteiger charge is -2.01. The third-order valence-corrected chi connectivity index (χ3v) is 2.28. The van der Waals surface area contributed by atoms with Gasteiger partial charge in [-0.05, 0) is 6.42 Å². The summed E-state index contributed by atoms with van der Waals surface area (Å²) >= 11 is 1.51. The minimum Gasteiger partial charge on any atom is -0.396 e. The Hall–Kier alpha value is -0.940. The van der Waals surface area contributed by atoms with Gasteiger partial charge in [-0.2, -0.15) is 0 Å². The molecule has 1 aromatic rings. The Bertz CT molecular complexity index is 249. The number of aliphatic hydroxyl groups is 1. The molecule has 0 unspecified atom stereocenters. The van der Waals surface area contributed by atoms with E-state index in [-0.39, 0.29) is 12.5 Å². The molecule has 72 valence electrons. The fourth-order valence-electron chi connectivity index (χ4n) is 0.843. The van der Waals surface area contributed by atoms with Crippen LogP contribution >= 0.6 is 11.3 Å². The number of aromatic nitrogens is 1. The first-order chi connectivity index (χ1) is 6.33. The number of nitrogens with zero attached hydrogens (tertiary/aromatic N) is 1. The molecule has 1 rings (SSSR count). The minimum absolute atomic E-state index is 0.0255. The second kappa shape index (κ2) is 5.66. The van der Waals surface area contributed by atoms with E-state index in [0.717, 1.165) is 4.88 Å².